The van der Waals surface area contributed by atoms with Crippen LogP contribution in [-0.4, -0.2) is 49.5 Å². The van der Waals surface area contributed by atoms with Crippen LogP contribution in [0.2, 0.25) is 0 Å². The molecule has 4 aromatic rings. The SMILES string of the molecule is COC[C@@H](CCCn1cnc2cc(-c3ncc(C(F)(F)F)cn3)c(F)cc2c1=O)Nc1cn[nH]c(=O)c1C(F)(F)F. The number of halogens is 7. The zero-order chi connectivity index (χ0) is 29.9. The lowest BCUT2D eigenvalue weighted by atomic mass is 10.1. The van der Waals surface area contributed by atoms with Crippen LogP contribution in [0.1, 0.15) is 24.0 Å². The van der Waals surface area contributed by atoms with Gasteiger partial charge >= 0.3 is 12.4 Å². The molecule has 0 spiro atoms. The summed E-state index contributed by atoms with van der Waals surface area (Å²) in [6, 6.07) is 1.33. The van der Waals surface area contributed by atoms with Crippen LogP contribution in [0.4, 0.5) is 36.4 Å². The molecule has 0 aliphatic rings. The van der Waals surface area contributed by atoms with Gasteiger partial charge in [-0.25, -0.2) is 24.4 Å². The Bertz CT molecular complexity index is 1650. The molecule has 0 amide bonds. The van der Waals surface area contributed by atoms with Gasteiger partial charge in [0.05, 0.1) is 46.8 Å². The zero-order valence-electron chi connectivity index (χ0n) is 21.0. The van der Waals surface area contributed by atoms with Crippen molar-refractivity contribution in [2.45, 2.75) is 37.8 Å². The molecule has 0 aliphatic carbocycles. The number of rotatable bonds is 9. The van der Waals surface area contributed by atoms with Gasteiger partial charge in [0, 0.05) is 32.1 Å². The largest absolute Gasteiger partial charge is 0.423 e. The molecule has 1 aromatic carbocycles. The molecule has 0 saturated carbocycles. The fourth-order valence-electron chi connectivity index (χ4n) is 4.04. The van der Waals surface area contributed by atoms with Crippen LogP contribution < -0.4 is 16.4 Å². The number of aromatic amines is 1. The highest BCUT2D eigenvalue weighted by molar-refractivity contribution is 5.82. The first kappa shape index (κ1) is 29.6. The van der Waals surface area contributed by atoms with Crippen molar-refractivity contribution >= 4 is 16.6 Å². The lowest BCUT2D eigenvalue weighted by Gasteiger charge is -2.21. The second-order valence-electron chi connectivity index (χ2n) is 8.81. The van der Waals surface area contributed by atoms with E-state index in [4.69, 9.17) is 4.74 Å². The van der Waals surface area contributed by atoms with E-state index in [1.807, 2.05) is 0 Å². The summed E-state index contributed by atoms with van der Waals surface area (Å²) in [4.78, 5) is 35.9. The molecule has 41 heavy (non-hydrogen) atoms. The van der Waals surface area contributed by atoms with E-state index in [0.717, 1.165) is 18.3 Å². The van der Waals surface area contributed by atoms with Gasteiger partial charge < -0.3 is 10.1 Å². The van der Waals surface area contributed by atoms with Crippen LogP contribution in [-0.2, 0) is 23.6 Å². The fraction of sp³-hybridized carbons (Fsp3) is 0.333. The quantitative estimate of drug-likeness (QED) is 0.281. The monoisotopic (exact) mass is 587 g/mol. The number of aromatic nitrogens is 6. The van der Waals surface area contributed by atoms with Gasteiger partial charge in [-0.2, -0.15) is 31.4 Å². The highest BCUT2D eigenvalue weighted by Crippen LogP contribution is 2.32. The summed E-state index contributed by atoms with van der Waals surface area (Å²) in [7, 11) is 1.34. The smallest absolute Gasteiger partial charge is 0.383 e. The minimum Gasteiger partial charge on any atom is -0.383 e. The third-order valence-electron chi connectivity index (χ3n) is 5.95. The van der Waals surface area contributed by atoms with Gasteiger partial charge in [-0.1, -0.05) is 0 Å². The number of nitrogens with one attached hydrogen (secondary N) is 2. The molecule has 0 fully saturated rings. The van der Waals surface area contributed by atoms with Crippen molar-refractivity contribution in [3.8, 4) is 11.4 Å². The topological polar surface area (TPSA) is 128 Å². The normalized spacial score (nSPS) is 13.0. The Morgan fingerprint density at radius 1 is 1.02 bits per heavy atom. The number of aryl methyl sites for hydroxylation is 1. The summed E-state index contributed by atoms with van der Waals surface area (Å²) in [5, 5.41) is 7.65. The predicted molar refractivity (Wildman–Crippen MR) is 130 cm³/mol. The average Bonchev–Trinajstić information content (AvgIpc) is 2.89. The molecule has 218 valence electrons. The first-order valence-electron chi connectivity index (χ1n) is 11.8. The summed E-state index contributed by atoms with van der Waals surface area (Å²) in [6.07, 6.45) is -6.12. The molecule has 0 saturated heterocycles. The molecular formula is C24H20F7N7O3. The van der Waals surface area contributed by atoms with Gasteiger partial charge in [0.15, 0.2) is 5.82 Å². The Labute approximate surface area is 225 Å². The van der Waals surface area contributed by atoms with E-state index in [0.29, 0.717) is 12.4 Å². The number of anilines is 1. The number of nitrogens with zero attached hydrogens (tertiary/aromatic N) is 5. The van der Waals surface area contributed by atoms with Crippen LogP contribution >= 0.6 is 0 Å². The highest BCUT2D eigenvalue weighted by Gasteiger charge is 2.37. The lowest BCUT2D eigenvalue weighted by molar-refractivity contribution is -0.139. The summed E-state index contributed by atoms with van der Waals surface area (Å²) < 4.78 is 99.5. The molecule has 0 radical (unpaired) electrons. The van der Waals surface area contributed by atoms with Crippen LogP contribution in [0.25, 0.3) is 22.3 Å². The van der Waals surface area contributed by atoms with Crippen LogP contribution in [0.15, 0.2) is 46.6 Å². The number of methoxy groups -OCH3 is 1. The first-order valence-corrected chi connectivity index (χ1v) is 11.8. The summed E-state index contributed by atoms with van der Waals surface area (Å²) in [5.74, 6) is -1.28. The Kier molecular flexibility index (Phi) is 8.37. The van der Waals surface area contributed by atoms with Crippen molar-refractivity contribution in [1.82, 2.24) is 29.7 Å². The second-order valence-corrected chi connectivity index (χ2v) is 8.81. The predicted octanol–water partition coefficient (Wildman–Crippen LogP) is 4.02. The number of hydrogen-bond donors (Lipinski definition) is 2. The molecule has 3 heterocycles. The maximum Gasteiger partial charge on any atom is 0.423 e. The van der Waals surface area contributed by atoms with Crippen molar-refractivity contribution in [1.29, 1.82) is 0 Å². The molecule has 2 N–H and O–H groups in total. The molecule has 0 bridgehead atoms. The van der Waals surface area contributed by atoms with E-state index >= 15 is 0 Å². The molecule has 1 atom stereocenters. The maximum absolute atomic E-state index is 14.8. The molecule has 0 unspecified atom stereocenters. The molecule has 3 aromatic heterocycles. The van der Waals surface area contributed by atoms with Gasteiger partial charge in [-0.3, -0.25) is 14.2 Å². The van der Waals surface area contributed by atoms with Gasteiger partial charge in [0.1, 0.15) is 11.4 Å². The Morgan fingerprint density at radius 2 is 1.73 bits per heavy atom. The lowest BCUT2D eigenvalue weighted by Crippen LogP contribution is -2.31. The standard InChI is InChI=1S/C24H20F7N7O3/c1-41-10-13(36-18-9-35-37-21(39)19(18)24(29,30)31)3-2-4-38-11-34-17-6-14(16(25)5-15(17)22(38)40)20-32-7-12(8-33-20)23(26,27)28/h5-9,11,13H,2-4,10H2,1H3,(H2,36,37,39)/t13-/m1/s1. The van der Waals surface area contributed by atoms with E-state index < -0.39 is 52.1 Å². The Hall–Kier alpha value is -4.41. The van der Waals surface area contributed by atoms with E-state index in [-0.39, 0.29) is 48.3 Å². The van der Waals surface area contributed by atoms with Crippen LogP contribution in [0.3, 0.4) is 0 Å². The third kappa shape index (κ3) is 6.67. The average molecular weight is 587 g/mol. The van der Waals surface area contributed by atoms with Gasteiger partial charge in [0.2, 0.25) is 0 Å². The number of ether oxygens (including phenoxy) is 1. The van der Waals surface area contributed by atoms with Crippen LogP contribution in [0.5, 0.6) is 0 Å². The molecular weight excluding hydrogens is 567 g/mol. The Morgan fingerprint density at radius 3 is 2.37 bits per heavy atom. The van der Waals surface area contributed by atoms with E-state index in [9.17, 15) is 40.3 Å². The molecule has 10 nitrogen and oxygen atoms in total. The number of H-pyrrole nitrogens is 1. The number of benzene rings is 1. The van der Waals surface area contributed by atoms with Gasteiger partial charge in [-0.05, 0) is 25.0 Å². The summed E-state index contributed by atoms with van der Waals surface area (Å²) in [5.41, 5.74) is -5.32. The number of hydrogen-bond acceptors (Lipinski definition) is 8. The van der Waals surface area contributed by atoms with Crippen molar-refractivity contribution in [3.63, 3.8) is 0 Å². The third-order valence-corrected chi connectivity index (χ3v) is 5.95. The van der Waals surface area contributed by atoms with E-state index in [1.54, 1.807) is 5.10 Å². The van der Waals surface area contributed by atoms with Gasteiger partial charge in [-0.15, -0.1) is 0 Å². The summed E-state index contributed by atoms with van der Waals surface area (Å²) in [6.45, 7) is 0.0176. The van der Waals surface area contributed by atoms with Crippen molar-refractivity contribution < 1.29 is 35.5 Å². The fourth-order valence-corrected chi connectivity index (χ4v) is 4.04. The van der Waals surface area contributed by atoms with Crippen LogP contribution in [0, 0.1) is 5.82 Å². The second kappa shape index (κ2) is 11.6. The minimum atomic E-state index is -4.94. The van der Waals surface area contributed by atoms with E-state index in [2.05, 4.69) is 25.4 Å². The Balaban J connectivity index is 1.51. The van der Waals surface area contributed by atoms with Crippen molar-refractivity contribution in [3.05, 3.63) is 74.7 Å². The van der Waals surface area contributed by atoms with E-state index in [1.165, 1.54) is 18.0 Å². The highest BCUT2D eigenvalue weighted by atomic mass is 19.4. The molecule has 4 rings (SSSR count). The molecule has 0 aliphatic heterocycles. The first-order chi connectivity index (χ1) is 19.3. The maximum atomic E-state index is 14.8. The van der Waals surface area contributed by atoms with Crippen molar-refractivity contribution in [2.24, 2.45) is 0 Å². The minimum absolute atomic E-state index is 0.0328. The zero-order valence-corrected chi connectivity index (χ0v) is 21.0. The van der Waals surface area contributed by atoms with Crippen molar-refractivity contribution in [2.75, 3.05) is 19.0 Å². The van der Waals surface area contributed by atoms with Gasteiger partial charge in [0.25, 0.3) is 11.1 Å². The molecule has 17 heteroatoms. The summed E-state index contributed by atoms with van der Waals surface area (Å²) >= 11 is 0. The number of alkyl halides is 6. The number of fused-ring (bicyclic) bond motifs is 1.